The summed E-state index contributed by atoms with van der Waals surface area (Å²) in [4.78, 5) is 22.0. The van der Waals surface area contributed by atoms with Gasteiger partial charge in [0.05, 0.1) is 5.41 Å². The molecule has 41 heavy (non-hydrogen) atoms. The van der Waals surface area contributed by atoms with E-state index in [0.29, 0.717) is 16.8 Å². The van der Waals surface area contributed by atoms with Crippen molar-refractivity contribution in [1.29, 1.82) is 0 Å². The predicted octanol–water partition coefficient (Wildman–Crippen LogP) is 6.86. The van der Waals surface area contributed by atoms with E-state index in [-0.39, 0.29) is 16.6 Å². The third-order valence-electron chi connectivity index (χ3n) is 8.95. The zero-order valence-corrected chi connectivity index (χ0v) is 26.0. The molecule has 0 fully saturated rings. The molecule has 6 nitrogen and oxygen atoms in total. The zero-order valence-electron chi connectivity index (χ0n) is 26.0. The summed E-state index contributed by atoms with van der Waals surface area (Å²) in [7, 11) is 4.04. The molecule has 2 heterocycles. The van der Waals surface area contributed by atoms with E-state index in [9.17, 15) is 10.2 Å². The number of para-hydroxylation sites is 2. The van der Waals surface area contributed by atoms with Crippen LogP contribution in [-0.4, -0.2) is 60.7 Å². The Kier molecular flexibility index (Phi) is 8.49. The first-order chi connectivity index (χ1) is 19.4. The lowest BCUT2D eigenvalue weighted by Crippen LogP contribution is -2.30. The minimum Gasteiger partial charge on any atom is -0.422 e. The number of benzene rings is 2. The lowest BCUT2D eigenvalue weighted by atomic mass is 9.77. The maximum atomic E-state index is 13.4. The summed E-state index contributed by atoms with van der Waals surface area (Å²) in [6.07, 6.45) is 3.83. The predicted molar refractivity (Wildman–Crippen MR) is 171 cm³/mol. The third-order valence-corrected chi connectivity index (χ3v) is 8.95. The Labute approximate surface area is 245 Å². The van der Waals surface area contributed by atoms with Crippen LogP contribution in [0.4, 0.5) is 11.4 Å². The maximum Gasteiger partial charge on any atom is 0.209 e. The van der Waals surface area contributed by atoms with Crippen LogP contribution >= 0.6 is 0 Å². The van der Waals surface area contributed by atoms with Gasteiger partial charge < -0.3 is 20.2 Å². The standard InChI is InChI=1S/C29H28N4O.C6H15N/c1-28(2)20-11-7-9-13-22(20)32(5)24(28)15-18-26(31-17-30)19(27(18)34)16-25-29(3,4)21-12-8-10-14-23(21)33(25)6;1-4-7(5-2)6-3/h7-16H,1-6H3;4-6H2,1-3H3. The molecule has 0 amide bonds. The summed E-state index contributed by atoms with van der Waals surface area (Å²) in [5.41, 5.74) is 7.64. The van der Waals surface area contributed by atoms with Crippen molar-refractivity contribution in [2.45, 2.75) is 59.3 Å². The van der Waals surface area contributed by atoms with Crippen molar-refractivity contribution in [3.8, 4) is 0 Å². The summed E-state index contributed by atoms with van der Waals surface area (Å²) in [6.45, 7) is 18.8. The molecular weight excluding hydrogens is 506 g/mol. The number of nitrogens with zero attached hydrogens (tertiary/aromatic N) is 5. The van der Waals surface area contributed by atoms with Crippen LogP contribution in [0.2, 0.25) is 0 Å². The van der Waals surface area contributed by atoms with Gasteiger partial charge in [-0.2, -0.15) is 10.6 Å². The van der Waals surface area contributed by atoms with Gasteiger partial charge in [-0.15, -0.1) is 0 Å². The van der Waals surface area contributed by atoms with E-state index < -0.39 is 0 Å². The number of hydrogen-bond donors (Lipinski definition) is 0. The summed E-state index contributed by atoms with van der Waals surface area (Å²) >= 11 is 0. The number of carbonyl (C=O) groups excluding carboxylic acids is 1. The van der Waals surface area contributed by atoms with Crippen molar-refractivity contribution in [3.05, 3.63) is 99.8 Å². The SMILES string of the molecule is CCN(CC)CC.CN1C(=CC2=C(N=C=[N-])C(=CC3=[N+](C)c4ccccc4C3(C)C)C2=O)C(C)(C)c2ccccc21. The Hall–Kier alpha value is -3.86. The molecule has 2 aliphatic heterocycles. The fraction of sp³-hybridized carbons (Fsp3) is 0.400. The molecule has 5 rings (SSSR count). The number of hydrogen-bond acceptors (Lipinski definition) is 4. The summed E-state index contributed by atoms with van der Waals surface area (Å²) in [5.74, 6) is -0.0747. The number of allylic oxidation sites excluding steroid dienone is 5. The number of aliphatic imine (C=N–C) groups is 1. The second-order valence-electron chi connectivity index (χ2n) is 11.8. The highest BCUT2D eigenvalue weighted by Crippen LogP contribution is 2.48. The molecule has 0 N–H and O–H groups in total. The molecule has 3 aliphatic rings. The van der Waals surface area contributed by atoms with E-state index in [0.717, 1.165) is 22.8 Å². The third kappa shape index (κ3) is 5.07. The van der Waals surface area contributed by atoms with E-state index in [1.165, 1.54) is 30.8 Å². The van der Waals surface area contributed by atoms with Crippen molar-refractivity contribution in [2.24, 2.45) is 4.99 Å². The molecule has 0 saturated heterocycles. The fourth-order valence-corrected chi connectivity index (χ4v) is 6.34. The second kappa shape index (κ2) is 11.6. The first-order valence-corrected chi connectivity index (χ1v) is 14.5. The van der Waals surface area contributed by atoms with E-state index >= 15 is 0 Å². The molecule has 0 aromatic heterocycles. The van der Waals surface area contributed by atoms with Crippen molar-refractivity contribution in [3.63, 3.8) is 0 Å². The molecule has 0 saturated carbocycles. The van der Waals surface area contributed by atoms with Gasteiger partial charge in [0, 0.05) is 52.7 Å². The highest BCUT2D eigenvalue weighted by Gasteiger charge is 2.45. The van der Waals surface area contributed by atoms with Crippen molar-refractivity contribution >= 4 is 28.9 Å². The smallest absolute Gasteiger partial charge is 0.209 e. The van der Waals surface area contributed by atoms with E-state index in [1.54, 1.807) is 0 Å². The van der Waals surface area contributed by atoms with Gasteiger partial charge in [0.2, 0.25) is 5.69 Å². The van der Waals surface area contributed by atoms with Crippen LogP contribution in [0.5, 0.6) is 0 Å². The Morgan fingerprint density at radius 3 is 2.05 bits per heavy atom. The first kappa shape index (κ1) is 30.1. The van der Waals surface area contributed by atoms with Crippen LogP contribution in [0.25, 0.3) is 5.41 Å². The number of rotatable bonds is 6. The monoisotopic (exact) mass is 549 g/mol. The van der Waals surface area contributed by atoms with Crippen LogP contribution in [0.15, 0.2) is 88.2 Å². The lowest BCUT2D eigenvalue weighted by molar-refractivity contribution is -0.401. The number of ketones is 1. The molecule has 6 heteroatoms. The van der Waals surface area contributed by atoms with Gasteiger partial charge in [-0.3, -0.25) is 4.79 Å². The van der Waals surface area contributed by atoms with Crippen molar-refractivity contribution < 1.29 is 9.37 Å². The van der Waals surface area contributed by atoms with Crippen molar-refractivity contribution in [1.82, 2.24) is 4.90 Å². The van der Waals surface area contributed by atoms with Crippen LogP contribution in [0, 0.1) is 0 Å². The van der Waals surface area contributed by atoms with Crippen LogP contribution in [0.3, 0.4) is 0 Å². The van der Waals surface area contributed by atoms with Crippen molar-refractivity contribution in [2.75, 3.05) is 38.6 Å². The number of fused-ring (bicyclic) bond motifs is 2. The molecule has 0 unspecified atom stereocenters. The van der Waals surface area contributed by atoms with E-state index in [1.807, 2.05) is 56.5 Å². The molecule has 1 aliphatic carbocycles. The number of carbonyl (C=O) groups is 1. The van der Waals surface area contributed by atoms with Gasteiger partial charge >= 0.3 is 0 Å². The minimum atomic E-state index is -0.264. The quantitative estimate of drug-likeness (QED) is 0.225. The average Bonchev–Trinajstić information content (AvgIpc) is 3.28. The summed E-state index contributed by atoms with van der Waals surface area (Å²) in [5, 5.41) is 9.40. The van der Waals surface area contributed by atoms with Gasteiger partial charge in [-0.1, -0.05) is 71.0 Å². The van der Waals surface area contributed by atoms with E-state index in [2.05, 4.69) is 92.1 Å². The number of likely N-dealkylation sites (N-methyl/N-ethyl adjacent to an activating group) is 1. The number of anilines is 1. The Balaban J connectivity index is 0.000000493. The topological polar surface area (TPSA) is 61.2 Å². The molecule has 214 valence electrons. The maximum absolute atomic E-state index is 13.4. The number of Topliss-reactive ketones (excluding diaryl/α,β-unsaturated/α-hetero) is 1. The lowest BCUT2D eigenvalue weighted by Gasteiger charge is -2.29. The van der Waals surface area contributed by atoms with Crippen LogP contribution in [-0.2, 0) is 15.6 Å². The molecule has 0 bridgehead atoms. The Bertz CT molecular complexity index is 1540. The van der Waals surface area contributed by atoms with Gasteiger partial charge in [0.25, 0.3) is 0 Å². The largest absolute Gasteiger partial charge is 0.422 e. The highest BCUT2D eigenvalue weighted by molar-refractivity contribution is 6.25. The molecule has 0 radical (unpaired) electrons. The molecular formula is C35H43N5O. The second-order valence-corrected chi connectivity index (χ2v) is 11.8. The van der Waals surface area contributed by atoms with Gasteiger partial charge in [-0.05, 0) is 56.9 Å². The normalized spacial score (nSPS) is 20.1. The Morgan fingerprint density at radius 1 is 0.927 bits per heavy atom. The van der Waals surface area contributed by atoms with Gasteiger partial charge in [0.1, 0.15) is 7.05 Å². The minimum absolute atomic E-state index is 0.0747. The Morgan fingerprint density at radius 2 is 1.51 bits per heavy atom. The van der Waals surface area contributed by atoms with Crippen LogP contribution < -0.4 is 4.90 Å². The molecule has 2 aromatic rings. The first-order valence-electron chi connectivity index (χ1n) is 14.5. The average molecular weight is 550 g/mol. The summed E-state index contributed by atoms with van der Waals surface area (Å²) < 4.78 is 2.13. The fourth-order valence-electron chi connectivity index (χ4n) is 6.34. The zero-order chi connectivity index (χ0) is 30.1. The van der Waals surface area contributed by atoms with Crippen LogP contribution in [0.1, 0.15) is 59.6 Å². The molecule has 2 aromatic carbocycles. The van der Waals surface area contributed by atoms with E-state index in [4.69, 9.17) is 0 Å². The molecule has 0 spiro atoms. The highest BCUT2D eigenvalue weighted by atomic mass is 16.1. The van der Waals surface area contributed by atoms with Gasteiger partial charge in [-0.25, -0.2) is 0 Å². The van der Waals surface area contributed by atoms with Gasteiger partial charge in [0.15, 0.2) is 11.5 Å². The summed E-state index contributed by atoms with van der Waals surface area (Å²) in [6, 6.07) is 18.5. The molecule has 0 atom stereocenters.